The molecule has 0 saturated heterocycles. The molecule has 0 aliphatic carbocycles. The molecule has 0 saturated carbocycles. The summed E-state index contributed by atoms with van der Waals surface area (Å²) >= 11 is 0. The monoisotopic (exact) mass is 159 g/mol. The van der Waals surface area contributed by atoms with Crippen LogP contribution in [0.3, 0.4) is 0 Å². The van der Waals surface area contributed by atoms with E-state index in [2.05, 4.69) is 19.2 Å². The average Bonchev–Trinajstić information content (AvgIpc) is 1.97. The standard InChI is InChI=1S/C9H21NO/c1-8(2)4-5-10-6-9(3)7-11/h8-11H,4-7H2,1-3H3/t9-/m0/s1. The van der Waals surface area contributed by atoms with E-state index in [1.807, 2.05) is 6.92 Å². The number of aliphatic hydroxyl groups excluding tert-OH is 1. The molecule has 11 heavy (non-hydrogen) atoms. The van der Waals surface area contributed by atoms with Crippen molar-refractivity contribution in [3.05, 3.63) is 0 Å². The van der Waals surface area contributed by atoms with Crippen LogP contribution in [0.1, 0.15) is 27.2 Å². The summed E-state index contributed by atoms with van der Waals surface area (Å²) in [6.07, 6.45) is 1.22. The Balaban J connectivity index is 3.01. The fourth-order valence-corrected chi connectivity index (χ4v) is 0.804. The van der Waals surface area contributed by atoms with E-state index in [1.54, 1.807) is 0 Å². The minimum Gasteiger partial charge on any atom is -0.396 e. The van der Waals surface area contributed by atoms with E-state index in [1.165, 1.54) is 6.42 Å². The summed E-state index contributed by atoms with van der Waals surface area (Å²) in [5.41, 5.74) is 0. The third kappa shape index (κ3) is 7.82. The van der Waals surface area contributed by atoms with Crippen molar-refractivity contribution in [2.24, 2.45) is 11.8 Å². The van der Waals surface area contributed by atoms with Gasteiger partial charge in [0, 0.05) is 6.61 Å². The molecule has 0 heterocycles. The van der Waals surface area contributed by atoms with Gasteiger partial charge in [-0.05, 0) is 31.3 Å². The molecule has 0 aromatic rings. The smallest absolute Gasteiger partial charge is 0.0468 e. The van der Waals surface area contributed by atoms with Crippen molar-refractivity contribution in [3.63, 3.8) is 0 Å². The molecule has 0 fully saturated rings. The first kappa shape index (κ1) is 10.9. The van der Waals surface area contributed by atoms with E-state index >= 15 is 0 Å². The number of hydrogen-bond donors (Lipinski definition) is 2. The summed E-state index contributed by atoms with van der Waals surface area (Å²) < 4.78 is 0. The van der Waals surface area contributed by atoms with Gasteiger partial charge in [-0.25, -0.2) is 0 Å². The van der Waals surface area contributed by atoms with Crippen LogP contribution in [0.2, 0.25) is 0 Å². The Labute approximate surface area is 70.0 Å². The third-order valence-corrected chi connectivity index (χ3v) is 1.70. The maximum absolute atomic E-state index is 8.70. The van der Waals surface area contributed by atoms with Gasteiger partial charge in [-0.3, -0.25) is 0 Å². The first-order valence-electron chi connectivity index (χ1n) is 4.48. The maximum atomic E-state index is 8.70. The SMILES string of the molecule is CC(C)CCNC[C@H](C)CO. The van der Waals surface area contributed by atoms with Crippen LogP contribution in [0, 0.1) is 11.8 Å². The summed E-state index contributed by atoms with van der Waals surface area (Å²) in [6, 6.07) is 0. The Morgan fingerprint density at radius 1 is 1.27 bits per heavy atom. The molecule has 68 valence electrons. The molecular weight excluding hydrogens is 138 g/mol. The van der Waals surface area contributed by atoms with Crippen LogP contribution in [0.25, 0.3) is 0 Å². The molecule has 0 unspecified atom stereocenters. The highest BCUT2D eigenvalue weighted by molar-refractivity contribution is 4.55. The molecule has 0 aliphatic heterocycles. The largest absolute Gasteiger partial charge is 0.396 e. The van der Waals surface area contributed by atoms with Crippen molar-refractivity contribution >= 4 is 0 Å². The number of nitrogens with one attached hydrogen (secondary N) is 1. The summed E-state index contributed by atoms with van der Waals surface area (Å²) in [7, 11) is 0. The fraction of sp³-hybridized carbons (Fsp3) is 1.00. The molecule has 0 bridgehead atoms. The molecule has 0 radical (unpaired) electrons. The van der Waals surface area contributed by atoms with Crippen LogP contribution in [0.5, 0.6) is 0 Å². The highest BCUT2D eigenvalue weighted by Gasteiger charge is 1.98. The normalized spacial score (nSPS) is 13.9. The molecule has 2 nitrogen and oxygen atoms in total. The van der Waals surface area contributed by atoms with Crippen molar-refractivity contribution in [3.8, 4) is 0 Å². The molecule has 0 amide bonds. The average molecular weight is 159 g/mol. The Morgan fingerprint density at radius 2 is 1.91 bits per heavy atom. The Kier molecular flexibility index (Phi) is 6.57. The molecule has 2 N–H and O–H groups in total. The number of aliphatic hydroxyl groups is 1. The molecule has 2 heteroatoms. The highest BCUT2D eigenvalue weighted by Crippen LogP contribution is 1.96. The van der Waals surface area contributed by atoms with E-state index in [9.17, 15) is 0 Å². The van der Waals surface area contributed by atoms with E-state index < -0.39 is 0 Å². The lowest BCUT2D eigenvalue weighted by molar-refractivity contribution is 0.233. The van der Waals surface area contributed by atoms with Crippen molar-refractivity contribution in [2.45, 2.75) is 27.2 Å². The molecule has 0 aromatic carbocycles. The molecule has 0 aliphatic rings. The quantitative estimate of drug-likeness (QED) is 0.572. The summed E-state index contributed by atoms with van der Waals surface area (Å²) in [5.74, 6) is 1.16. The second-order valence-corrected chi connectivity index (χ2v) is 3.67. The highest BCUT2D eigenvalue weighted by atomic mass is 16.3. The van der Waals surface area contributed by atoms with Crippen molar-refractivity contribution in [1.29, 1.82) is 0 Å². The zero-order valence-corrected chi connectivity index (χ0v) is 7.93. The van der Waals surface area contributed by atoms with Crippen molar-refractivity contribution < 1.29 is 5.11 Å². The lowest BCUT2D eigenvalue weighted by Crippen LogP contribution is -2.24. The lowest BCUT2D eigenvalue weighted by Gasteiger charge is -2.10. The van der Waals surface area contributed by atoms with Crippen LogP contribution < -0.4 is 5.32 Å². The summed E-state index contributed by atoms with van der Waals surface area (Å²) in [4.78, 5) is 0. The van der Waals surface area contributed by atoms with Crippen LogP contribution >= 0.6 is 0 Å². The van der Waals surface area contributed by atoms with Gasteiger partial charge in [0.15, 0.2) is 0 Å². The summed E-state index contributed by atoms with van der Waals surface area (Å²) in [5, 5.41) is 12.0. The first-order chi connectivity index (χ1) is 5.16. The third-order valence-electron chi connectivity index (χ3n) is 1.70. The molecule has 0 aromatic heterocycles. The zero-order chi connectivity index (χ0) is 8.69. The molecular formula is C9H21NO. The van der Waals surface area contributed by atoms with Gasteiger partial charge >= 0.3 is 0 Å². The Morgan fingerprint density at radius 3 is 2.36 bits per heavy atom. The molecule has 1 atom stereocenters. The first-order valence-corrected chi connectivity index (χ1v) is 4.48. The zero-order valence-electron chi connectivity index (χ0n) is 7.93. The second-order valence-electron chi connectivity index (χ2n) is 3.67. The van der Waals surface area contributed by atoms with Crippen molar-refractivity contribution in [1.82, 2.24) is 5.32 Å². The van der Waals surface area contributed by atoms with Crippen molar-refractivity contribution in [2.75, 3.05) is 19.7 Å². The van der Waals surface area contributed by atoms with Gasteiger partial charge < -0.3 is 10.4 Å². The van der Waals surface area contributed by atoms with Gasteiger partial charge in [0.2, 0.25) is 0 Å². The minimum absolute atomic E-state index is 0.286. The predicted molar refractivity (Wildman–Crippen MR) is 48.6 cm³/mol. The van der Waals surface area contributed by atoms with Gasteiger partial charge in [-0.15, -0.1) is 0 Å². The van der Waals surface area contributed by atoms with Gasteiger partial charge in [0.05, 0.1) is 0 Å². The Bertz CT molecular complexity index is 83.6. The van der Waals surface area contributed by atoms with Gasteiger partial charge in [0.25, 0.3) is 0 Å². The number of rotatable bonds is 6. The van der Waals surface area contributed by atoms with E-state index in [4.69, 9.17) is 5.11 Å². The van der Waals surface area contributed by atoms with Crippen LogP contribution in [0.15, 0.2) is 0 Å². The second kappa shape index (κ2) is 6.62. The minimum atomic E-state index is 0.286. The van der Waals surface area contributed by atoms with E-state index in [0.29, 0.717) is 5.92 Å². The van der Waals surface area contributed by atoms with Gasteiger partial charge in [-0.2, -0.15) is 0 Å². The van der Waals surface area contributed by atoms with Crippen LogP contribution in [-0.2, 0) is 0 Å². The summed E-state index contributed by atoms with van der Waals surface area (Å²) in [6.45, 7) is 8.77. The van der Waals surface area contributed by atoms with E-state index in [0.717, 1.165) is 19.0 Å². The fourth-order valence-electron chi connectivity index (χ4n) is 0.804. The maximum Gasteiger partial charge on any atom is 0.0468 e. The number of hydrogen-bond acceptors (Lipinski definition) is 2. The van der Waals surface area contributed by atoms with Crippen LogP contribution in [0.4, 0.5) is 0 Å². The van der Waals surface area contributed by atoms with E-state index in [-0.39, 0.29) is 6.61 Å². The van der Waals surface area contributed by atoms with Crippen LogP contribution in [-0.4, -0.2) is 24.8 Å². The lowest BCUT2D eigenvalue weighted by atomic mass is 10.1. The predicted octanol–water partition coefficient (Wildman–Crippen LogP) is 1.25. The topological polar surface area (TPSA) is 32.3 Å². The van der Waals surface area contributed by atoms with Gasteiger partial charge in [0.1, 0.15) is 0 Å². The van der Waals surface area contributed by atoms with Gasteiger partial charge in [-0.1, -0.05) is 20.8 Å². The Hall–Kier alpha value is -0.0800. The molecule has 0 spiro atoms. The molecule has 0 rings (SSSR count).